The third-order valence-corrected chi connectivity index (χ3v) is 2.19. The molecule has 1 unspecified atom stereocenters. The van der Waals surface area contributed by atoms with Crippen LogP contribution in [0.4, 0.5) is 0 Å². The van der Waals surface area contributed by atoms with Crippen LogP contribution in [0, 0.1) is 0 Å². The third-order valence-electron chi connectivity index (χ3n) is 2.19. The van der Waals surface area contributed by atoms with Crippen molar-refractivity contribution in [2.75, 3.05) is 26.7 Å². The summed E-state index contributed by atoms with van der Waals surface area (Å²) in [5.74, 6) is -0.411. The number of nitrogens with one attached hydrogen (secondary N) is 2. The normalized spacial score (nSPS) is 24.6. The number of hydrogen-bond donors (Lipinski definition) is 2. The maximum atomic E-state index is 11.2. The van der Waals surface area contributed by atoms with Gasteiger partial charge in [0, 0.05) is 13.1 Å². The molecule has 0 saturated carbocycles. The van der Waals surface area contributed by atoms with Gasteiger partial charge in [0.05, 0.1) is 12.6 Å². The summed E-state index contributed by atoms with van der Waals surface area (Å²) < 4.78 is 0. The monoisotopic (exact) mass is 185 g/mol. The van der Waals surface area contributed by atoms with Gasteiger partial charge in [-0.1, -0.05) is 0 Å². The van der Waals surface area contributed by atoms with E-state index in [2.05, 4.69) is 10.6 Å². The summed E-state index contributed by atoms with van der Waals surface area (Å²) in [6, 6.07) is -0.203. The topological polar surface area (TPSA) is 61.4 Å². The molecular formula is C8H15N3O2. The number of piperazine rings is 1. The largest absolute Gasteiger partial charge is 0.318 e. The van der Waals surface area contributed by atoms with E-state index in [1.807, 2.05) is 11.9 Å². The molecule has 1 fully saturated rings. The number of carbonyl (C=O) groups is 2. The highest BCUT2D eigenvalue weighted by molar-refractivity contribution is 6.00. The first kappa shape index (κ1) is 10.1. The highest BCUT2D eigenvalue weighted by atomic mass is 16.2. The molecule has 0 aromatic rings. The molecule has 74 valence electrons. The zero-order chi connectivity index (χ0) is 9.84. The number of rotatable bonds is 3. The lowest BCUT2D eigenvalue weighted by Gasteiger charge is -2.31. The van der Waals surface area contributed by atoms with Crippen molar-refractivity contribution in [2.24, 2.45) is 0 Å². The Morgan fingerprint density at radius 1 is 1.62 bits per heavy atom. The molecule has 5 heteroatoms. The first-order valence-electron chi connectivity index (χ1n) is 4.37. The van der Waals surface area contributed by atoms with Crippen LogP contribution in [0.2, 0.25) is 0 Å². The molecule has 0 aliphatic carbocycles. The van der Waals surface area contributed by atoms with Gasteiger partial charge in [-0.2, -0.15) is 0 Å². The van der Waals surface area contributed by atoms with E-state index >= 15 is 0 Å². The molecule has 0 bridgehead atoms. The molecule has 13 heavy (non-hydrogen) atoms. The second-order valence-electron chi connectivity index (χ2n) is 3.16. The van der Waals surface area contributed by atoms with Crippen LogP contribution in [-0.4, -0.2) is 49.4 Å². The predicted octanol–water partition coefficient (Wildman–Crippen LogP) is -1.45. The molecule has 2 N–H and O–H groups in total. The van der Waals surface area contributed by atoms with E-state index in [0.29, 0.717) is 6.54 Å². The molecule has 2 amide bonds. The summed E-state index contributed by atoms with van der Waals surface area (Å²) in [7, 11) is 1.84. The number of hydrogen-bond acceptors (Lipinski definition) is 4. The maximum absolute atomic E-state index is 11.2. The zero-order valence-corrected chi connectivity index (χ0v) is 7.96. The fourth-order valence-electron chi connectivity index (χ4n) is 1.30. The minimum absolute atomic E-state index is 0.202. The number of carbonyl (C=O) groups excluding carboxylic acids is 2. The fourth-order valence-corrected chi connectivity index (χ4v) is 1.30. The van der Waals surface area contributed by atoms with Gasteiger partial charge in [0.15, 0.2) is 0 Å². The van der Waals surface area contributed by atoms with Crippen molar-refractivity contribution in [1.29, 1.82) is 0 Å². The van der Waals surface area contributed by atoms with E-state index in [0.717, 1.165) is 13.1 Å². The first-order valence-corrected chi connectivity index (χ1v) is 4.37. The van der Waals surface area contributed by atoms with Crippen LogP contribution in [0.5, 0.6) is 0 Å². The van der Waals surface area contributed by atoms with Crippen molar-refractivity contribution in [2.45, 2.75) is 13.0 Å². The smallest absolute Gasteiger partial charge is 0.243 e. The van der Waals surface area contributed by atoms with Gasteiger partial charge in [0.1, 0.15) is 0 Å². The number of nitrogens with zero attached hydrogens (tertiary/aromatic N) is 1. The summed E-state index contributed by atoms with van der Waals surface area (Å²) in [6.45, 7) is 3.62. The molecule has 1 aliphatic rings. The van der Waals surface area contributed by atoms with Crippen molar-refractivity contribution < 1.29 is 9.59 Å². The van der Waals surface area contributed by atoms with Crippen LogP contribution >= 0.6 is 0 Å². The lowest BCUT2D eigenvalue weighted by atomic mass is 10.2. The Kier molecular flexibility index (Phi) is 3.39. The van der Waals surface area contributed by atoms with Crippen LogP contribution in [0.25, 0.3) is 0 Å². The molecule has 1 saturated heterocycles. The molecule has 1 atom stereocenters. The average molecular weight is 185 g/mol. The Balaban J connectivity index is 2.50. The minimum atomic E-state index is -0.209. The first-order chi connectivity index (χ1) is 6.15. The summed E-state index contributed by atoms with van der Waals surface area (Å²) >= 11 is 0. The lowest BCUT2D eigenvalue weighted by molar-refractivity contribution is -0.139. The lowest BCUT2D eigenvalue weighted by Crippen LogP contribution is -2.57. The van der Waals surface area contributed by atoms with Crippen LogP contribution < -0.4 is 10.6 Å². The SMILES string of the molecule is CNCCN1CC(=O)NC(=O)C1C. The quantitative estimate of drug-likeness (QED) is 0.528. The standard InChI is InChI=1S/C8H15N3O2/c1-6-8(13)10-7(12)5-11(6)4-3-9-2/h6,9H,3-5H2,1-2H3,(H,10,12,13). The second-order valence-corrected chi connectivity index (χ2v) is 3.16. The molecule has 5 nitrogen and oxygen atoms in total. The molecule has 0 aromatic heterocycles. The van der Waals surface area contributed by atoms with Crippen molar-refractivity contribution in [3.05, 3.63) is 0 Å². The second kappa shape index (κ2) is 4.34. The Labute approximate surface area is 77.5 Å². The van der Waals surface area contributed by atoms with Gasteiger partial charge in [0.2, 0.25) is 11.8 Å². The molecule has 1 rings (SSSR count). The van der Waals surface area contributed by atoms with Crippen LogP contribution in [0.1, 0.15) is 6.92 Å². The van der Waals surface area contributed by atoms with Gasteiger partial charge in [-0.05, 0) is 14.0 Å². The predicted molar refractivity (Wildman–Crippen MR) is 48.1 cm³/mol. The molecule has 0 radical (unpaired) electrons. The summed E-state index contributed by atoms with van der Waals surface area (Å²) in [5, 5.41) is 5.28. The summed E-state index contributed by atoms with van der Waals surface area (Å²) in [4.78, 5) is 24.0. The Morgan fingerprint density at radius 3 is 2.92 bits per heavy atom. The van der Waals surface area contributed by atoms with Gasteiger partial charge in [-0.3, -0.25) is 19.8 Å². The Hall–Kier alpha value is -0.940. The highest BCUT2D eigenvalue weighted by Crippen LogP contribution is 2.02. The maximum Gasteiger partial charge on any atom is 0.243 e. The summed E-state index contributed by atoms with van der Waals surface area (Å²) in [5.41, 5.74) is 0. The summed E-state index contributed by atoms with van der Waals surface area (Å²) in [6.07, 6.45) is 0. The molecular weight excluding hydrogens is 170 g/mol. The van der Waals surface area contributed by atoms with E-state index in [-0.39, 0.29) is 17.9 Å². The van der Waals surface area contributed by atoms with Crippen molar-refractivity contribution in [3.63, 3.8) is 0 Å². The van der Waals surface area contributed by atoms with Gasteiger partial charge in [-0.15, -0.1) is 0 Å². The van der Waals surface area contributed by atoms with Crippen molar-refractivity contribution >= 4 is 11.8 Å². The number of likely N-dealkylation sites (N-methyl/N-ethyl adjacent to an activating group) is 1. The molecule has 0 aromatic carbocycles. The van der Waals surface area contributed by atoms with Gasteiger partial charge in [0.25, 0.3) is 0 Å². The van der Waals surface area contributed by atoms with E-state index in [1.54, 1.807) is 6.92 Å². The van der Waals surface area contributed by atoms with Gasteiger partial charge < -0.3 is 5.32 Å². The van der Waals surface area contributed by atoms with E-state index in [4.69, 9.17) is 0 Å². The van der Waals surface area contributed by atoms with Crippen molar-refractivity contribution in [1.82, 2.24) is 15.5 Å². The highest BCUT2D eigenvalue weighted by Gasteiger charge is 2.29. The fraction of sp³-hybridized carbons (Fsp3) is 0.750. The van der Waals surface area contributed by atoms with Gasteiger partial charge >= 0.3 is 0 Å². The van der Waals surface area contributed by atoms with E-state index in [1.165, 1.54) is 0 Å². The van der Waals surface area contributed by atoms with Crippen LogP contribution in [0.3, 0.4) is 0 Å². The Morgan fingerprint density at radius 2 is 2.31 bits per heavy atom. The van der Waals surface area contributed by atoms with Crippen LogP contribution in [-0.2, 0) is 9.59 Å². The Bertz CT molecular complexity index is 217. The number of imide groups is 1. The molecule has 0 spiro atoms. The zero-order valence-electron chi connectivity index (χ0n) is 7.96. The molecule has 1 heterocycles. The van der Waals surface area contributed by atoms with Crippen molar-refractivity contribution in [3.8, 4) is 0 Å². The third kappa shape index (κ3) is 2.50. The number of amides is 2. The van der Waals surface area contributed by atoms with E-state index in [9.17, 15) is 9.59 Å². The van der Waals surface area contributed by atoms with Gasteiger partial charge in [-0.25, -0.2) is 0 Å². The molecule has 1 aliphatic heterocycles. The minimum Gasteiger partial charge on any atom is -0.318 e. The van der Waals surface area contributed by atoms with E-state index < -0.39 is 0 Å². The average Bonchev–Trinajstić information content (AvgIpc) is 2.09. The van der Waals surface area contributed by atoms with Crippen LogP contribution in [0.15, 0.2) is 0 Å².